The van der Waals surface area contributed by atoms with E-state index in [1.165, 1.54) is 0 Å². The fourth-order valence-electron chi connectivity index (χ4n) is 2.56. The fraction of sp³-hybridized carbons (Fsp3) is 0.100. The number of rotatable bonds is 5. The van der Waals surface area contributed by atoms with Crippen LogP contribution in [0.25, 0.3) is 0 Å². The molecule has 0 radical (unpaired) electrons. The molecule has 3 aromatic rings. The van der Waals surface area contributed by atoms with Crippen molar-refractivity contribution in [2.45, 2.75) is 12.3 Å². The third-order valence-electron chi connectivity index (χ3n) is 3.78. The van der Waals surface area contributed by atoms with Gasteiger partial charge in [-0.3, -0.25) is 4.79 Å². The summed E-state index contributed by atoms with van der Waals surface area (Å²) in [4.78, 5) is 17.1. The standard InChI is InChI=1S/C20H17BrN2O.ClH/c21-17-11-12-19(22-14-17)23-20(24)18(16-9-5-2-6-10-16)13-15-7-3-1-4-8-15;/h1-12,14,18H,13H2,(H,22,23,24);1H. The average Bonchev–Trinajstić information content (AvgIpc) is 2.63. The largest absolute Gasteiger partial charge is 0.310 e. The van der Waals surface area contributed by atoms with Crippen LogP contribution in [0.15, 0.2) is 83.5 Å². The Labute approximate surface area is 162 Å². The monoisotopic (exact) mass is 416 g/mol. The number of aromatic nitrogens is 1. The van der Waals surface area contributed by atoms with Crippen molar-refractivity contribution in [3.05, 3.63) is 94.6 Å². The first kappa shape index (κ1) is 19.2. The molecule has 0 aliphatic heterocycles. The summed E-state index contributed by atoms with van der Waals surface area (Å²) in [5.41, 5.74) is 2.13. The number of anilines is 1. The first-order chi connectivity index (χ1) is 11.7. The van der Waals surface area contributed by atoms with Crippen LogP contribution in [0.3, 0.4) is 0 Å². The highest BCUT2D eigenvalue weighted by molar-refractivity contribution is 9.10. The Balaban J connectivity index is 0.00000225. The normalized spacial score (nSPS) is 11.2. The second-order valence-corrected chi connectivity index (χ2v) is 6.42. The van der Waals surface area contributed by atoms with E-state index in [9.17, 15) is 4.79 Å². The van der Waals surface area contributed by atoms with E-state index in [-0.39, 0.29) is 24.2 Å². The second kappa shape index (κ2) is 9.35. The topological polar surface area (TPSA) is 42.0 Å². The summed E-state index contributed by atoms with van der Waals surface area (Å²) < 4.78 is 0.879. The van der Waals surface area contributed by atoms with Gasteiger partial charge in [0.2, 0.25) is 5.91 Å². The fourth-order valence-corrected chi connectivity index (χ4v) is 2.79. The van der Waals surface area contributed by atoms with E-state index in [1.807, 2.05) is 66.7 Å². The molecule has 3 nitrogen and oxygen atoms in total. The molecule has 128 valence electrons. The van der Waals surface area contributed by atoms with Gasteiger partial charge in [-0.05, 0) is 45.6 Å². The van der Waals surface area contributed by atoms with Crippen LogP contribution in [-0.2, 0) is 11.2 Å². The molecule has 0 saturated heterocycles. The molecule has 1 N–H and O–H groups in total. The van der Waals surface area contributed by atoms with Gasteiger partial charge in [0.25, 0.3) is 0 Å². The number of amides is 1. The van der Waals surface area contributed by atoms with Gasteiger partial charge >= 0.3 is 0 Å². The van der Waals surface area contributed by atoms with Gasteiger partial charge in [0.05, 0.1) is 5.92 Å². The Morgan fingerprint density at radius 2 is 1.60 bits per heavy atom. The first-order valence-electron chi connectivity index (χ1n) is 7.73. The van der Waals surface area contributed by atoms with Gasteiger partial charge in [-0.1, -0.05) is 60.7 Å². The maximum absolute atomic E-state index is 12.8. The van der Waals surface area contributed by atoms with E-state index in [1.54, 1.807) is 12.3 Å². The predicted molar refractivity (Wildman–Crippen MR) is 107 cm³/mol. The Morgan fingerprint density at radius 3 is 2.20 bits per heavy atom. The zero-order valence-electron chi connectivity index (χ0n) is 13.4. The van der Waals surface area contributed by atoms with Gasteiger partial charge in [-0.25, -0.2) is 4.98 Å². The van der Waals surface area contributed by atoms with Crippen molar-refractivity contribution in [3.63, 3.8) is 0 Å². The number of halogens is 2. The number of carbonyl (C=O) groups excluding carboxylic acids is 1. The highest BCUT2D eigenvalue weighted by Gasteiger charge is 2.21. The van der Waals surface area contributed by atoms with Crippen LogP contribution in [0.5, 0.6) is 0 Å². The van der Waals surface area contributed by atoms with Crippen molar-refractivity contribution in [1.29, 1.82) is 0 Å². The average molecular weight is 418 g/mol. The third kappa shape index (κ3) is 5.41. The quantitative estimate of drug-likeness (QED) is 0.617. The lowest BCUT2D eigenvalue weighted by Gasteiger charge is -2.17. The third-order valence-corrected chi connectivity index (χ3v) is 4.25. The molecule has 0 aliphatic carbocycles. The number of benzene rings is 2. The van der Waals surface area contributed by atoms with Crippen LogP contribution in [0.4, 0.5) is 5.82 Å². The number of hydrogen-bond donors (Lipinski definition) is 1. The molecule has 25 heavy (non-hydrogen) atoms. The number of carbonyl (C=O) groups is 1. The molecular formula is C20H18BrClN2O. The molecule has 3 rings (SSSR count). The molecule has 0 fully saturated rings. The minimum absolute atomic E-state index is 0. The van der Waals surface area contributed by atoms with E-state index in [0.29, 0.717) is 12.2 Å². The van der Waals surface area contributed by atoms with Crippen molar-refractivity contribution in [1.82, 2.24) is 4.98 Å². The highest BCUT2D eigenvalue weighted by atomic mass is 79.9. The first-order valence-corrected chi connectivity index (χ1v) is 8.53. The van der Waals surface area contributed by atoms with E-state index >= 15 is 0 Å². The maximum atomic E-state index is 12.8. The van der Waals surface area contributed by atoms with Crippen molar-refractivity contribution < 1.29 is 4.79 Å². The van der Waals surface area contributed by atoms with Gasteiger partial charge in [0, 0.05) is 10.7 Å². The summed E-state index contributed by atoms with van der Waals surface area (Å²) in [7, 11) is 0. The smallest absolute Gasteiger partial charge is 0.233 e. The van der Waals surface area contributed by atoms with E-state index < -0.39 is 0 Å². The highest BCUT2D eigenvalue weighted by Crippen LogP contribution is 2.23. The molecule has 0 aliphatic rings. The van der Waals surface area contributed by atoms with Crippen molar-refractivity contribution >= 4 is 40.1 Å². The maximum Gasteiger partial charge on any atom is 0.233 e. The predicted octanol–water partition coefficient (Wildman–Crippen LogP) is 5.23. The summed E-state index contributed by atoms with van der Waals surface area (Å²) >= 11 is 3.35. The Hall–Kier alpha value is -2.17. The number of nitrogens with one attached hydrogen (secondary N) is 1. The van der Waals surface area contributed by atoms with Gasteiger partial charge in [0.1, 0.15) is 5.82 Å². The molecule has 0 bridgehead atoms. The van der Waals surface area contributed by atoms with Crippen LogP contribution in [0.2, 0.25) is 0 Å². The van der Waals surface area contributed by atoms with Crippen LogP contribution < -0.4 is 5.32 Å². The summed E-state index contributed by atoms with van der Waals surface area (Å²) in [5, 5.41) is 2.92. The molecule has 0 spiro atoms. The molecule has 1 heterocycles. The second-order valence-electron chi connectivity index (χ2n) is 5.50. The molecule has 1 aromatic heterocycles. The molecule has 2 aromatic carbocycles. The summed E-state index contributed by atoms with van der Waals surface area (Å²) in [5.74, 6) is 0.233. The molecule has 1 unspecified atom stereocenters. The lowest BCUT2D eigenvalue weighted by atomic mass is 9.91. The minimum Gasteiger partial charge on any atom is -0.310 e. The van der Waals surface area contributed by atoms with Crippen LogP contribution >= 0.6 is 28.3 Å². The molecular weight excluding hydrogens is 400 g/mol. The SMILES string of the molecule is Cl.O=C(Nc1ccc(Br)cn1)C(Cc1ccccc1)c1ccccc1. The van der Waals surface area contributed by atoms with Crippen LogP contribution in [-0.4, -0.2) is 10.9 Å². The van der Waals surface area contributed by atoms with E-state index in [2.05, 4.69) is 26.2 Å². The molecule has 0 saturated carbocycles. The zero-order valence-corrected chi connectivity index (χ0v) is 15.8. The van der Waals surface area contributed by atoms with Crippen molar-refractivity contribution in [2.24, 2.45) is 0 Å². The van der Waals surface area contributed by atoms with E-state index in [4.69, 9.17) is 0 Å². The lowest BCUT2D eigenvalue weighted by molar-refractivity contribution is -0.117. The van der Waals surface area contributed by atoms with E-state index in [0.717, 1.165) is 15.6 Å². The van der Waals surface area contributed by atoms with Crippen molar-refractivity contribution in [2.75, 3.05) is 5.32 Å². The minimum atomic E-state index is -0.265. The van der Waals surface area contributed by atoms with Crippen molar-refractivity contribution in [3.8, 4) is 0 Å². The number of hydrogen-bond acceptors (Lipinski definition) is 2. The van der Waals surface area contributed by atoms with Gasteiger partial charge in [0.15, 0.2) is 0 Å². The number of nitrogens with zero attached hydrogens (tertiary/aromatic N) is 1. The summed E-state index contributed by atoms with van der Waals surface area (Å²) in [6.45, 7) is 0. The van der Waals surface area contributed by atoms with Gasteiger partial charge in [-0.15, -0.1) is 12.4 Å². The number of pyridine rings is 1. The summed E-state index contributed by atoms with van der Waals surface area (Å²) in [6.07, 6.45) is 2.32. The zero-order chi connectivity index (χ0) is 16.8. The van der Waals surface area contributed by atoms with Gasteiger partial charge < -0.3 is 5.32 Å². The molecule has 5 heteroatoms. The summed E-state index contributed by atoms with van der Waals surface area (Å²) in [6, 6.07) is 23.5. The molecule has 1 atom stereocenters. The van der Waals surface area contributed by atoms with Crippen LogP contribution in [0.1, 0.15) is 17.0 Å². The molecule has 1 amide bonds. The Morgan fingerprint density at radius 1 is 0.960 bits per heavy atom. The van der Waals surface area contributed by atoms with Crippen LogP contribution in [0, 0.1) is 0 Å². The lowest BCUT2D eigenvalue weighted by Crippen LogP contribution is -2.23. The Kier molecular flexibility index (Phi) is 7.16. The van der Waals surface area contributed by atoms with Gasteiger partial charge in [-0.2, -0.15) is 0 Å². The Bertz CT molecular complexity index is 795.